The molecule has 0 saturated carbocycles. The summed E-state index contributed by atoms with van der Waals surface area (Å²) in [5, 5.41) is 10.6. The highest BCUT2D eigenvalue weighted by molar-refractivity contribution is 9.09. The van der Waals surface area contributed by atoms with Crippen LogP contribution in [-0.4, -0.2) is 18.0 Å². The highest BCUT2D eigenvalue weighted by atomic mass is 79.9. The molecule has 0 amide bonds. The first kappa shape index (κ1) is 16.0. The van der Waals surface area contributed by atoms with Crippen LogP contribution >= 0.6 is 15.9 Å². The maximum atomic E-state index is 11.4. The van der Waals surface area contributed by atoms with E-state index in [-0.39, 0.29) is 11.7 Å². The average molecular weight is 366 g/mol. The van der Waals surface area contributed by atoms with Crippen LogP contribution in [0.25, 0.3) is 0 Å². The number of carbonyl (C=O) groups excluding carboxylic acids is 1. The molecule has 0 spiro atoms. The first-order chi connectivity index (χ1) is 10.5. The van der Waals surface area contributed by atoms with Gasteiger partial charge in [-0.25, -0.2) is 0 Å². The highest BCUT2D eigenvalue weighted by Crippen LogP contribution is 2.28. The first-order valence-electron chi connectivity index (χ1n) is 6.25. The number of rotatable bonds is 5. The van der Waals surface area contributed by atoms with Crippen molar-refractivity contribution in [3.05, 3.63) is 64.2 Å². The maximum Gasteiger partial charge on any atom is 0.323 e. The van der Waals surface area contributed by atoms with E-state index in [0.29, 0.717) is 11.5 Å². The molecule has 114 valence electrons. The van der Waals surface area contributed by atoms with E-state index < -0.39 is 9.75 Å². The molecule has 6 nitrogen and oxygen atoms in total. The fourth-order valence-corrected chi connectivity index (χ4v) is 2.21. The Labute approximate surface area is 134 Å². The fourth-order valence-electron chi connectivity index (χ4n) is 1.72. The molecule has 0 aromatic heterocycles. The summed E-state index contributed by atoms with van der Waals surface area (Å²) in [4.78, 5) is 21.0. The zero-order chi connectivity index (χ0) is 16.1. The van der Waals surface area contributed by atoms with Gasteiger partial charge in [-0.2, -0.15) is 0 Å². The Morgan fingerprint density at radius 2 is 1.59 bits per heavy atom. The summed E-state index contributed by atoms with van der Waals surface area (Å²) in [5.74, 6) is 0.660. The van der Waals surface area contributed by atoms with E-state index >= 15 is 0 Å². The summed E-state index contributed by atoms with van der Waals surface area (Å²) < 4.78 is 10.2. The van der Waals surface area contributed by atoms with Crippen molar-refractivity contribution in [2.45, 2.75) is 4.83 Å². The van der Waals surface area contributed by atoms with Gasteiger partial charge in [0.1, 0.15) is 16.3 Å². The molecule has 22 heavy (non-hydrogen) atoms. The highest BCUT2D eigenvalue weighted by Gasteiger charge is 2.17. The van der Waals surface area contributed by atoms with Gasteiger partial charge >= 0.3 is 5.97 Å². The summed E-state index contributed by atoms with van der Waals surface area (Å²) in [7, 11) is 1.32. The summed E-state index contributed by atoms with van der Waals surface area (Å²) in [6, 6.07) is 12.7. The third kappa shape index (κ3) is 3.82. The van der Waals surface area contributed by atoms with Gasteiger partial charge in [0.2, 0.25) is 0 Å². The zero-order valence-electron chi connectivity index (χ0n) is 11.6. The molecule has 2 aromatic carbocycles. The number of hydrogen-bond donors (Lipinski definition) is 0. The molecular weight excluding hydrogens is 354 g/mol. The molecular formula is C15H12BrNO5. The van der Waals surface area contributed by atoms with Crippen LogP contribution in [0.15, 0.2) is 48.5 Å². The summed E-state index contributed by atoms with van der Waals surface area (Å²) >= 11 is 3.25. The van der Waals surface area contributed by atoms with Gasteiger partial charge < -0.3 is 9.47 Å². The van der Waals surface area contributed by atoms with Gasteiger partial charge in [-0.3, -0.25) is 14.9 Å². The minimum absolute atomic E-state index is 0.00269. The lowest BCUT2D eigenvalue weighted by Crippen LogP contribution is -2.07. The van der Waals surface area contributed by atoms with Crippen molar-refractivity contribution in [1.29, 1.82) is 0 Å². The second kappa shape index (κ2) is 7.04. The molecule has 0 N–H and O–H groups in total. The van der Waals surface area contributed by atoms with Gasteiger partial charge in [-0.1, -0.05) is 28.1 Å². The maximum absolute atomic E-state index is 11.4. The number of alkyl halides is 1. The SMILES string of the molecule is COC(=O)C(Br)c1ccc(Oc2ccc([N+](=O)[O-])cc2)cc1. The number of benzene rings is 2. The number of nitro benzene ring substituents is 1. The monoisotopic (exact) mass is 365 g/mol. The number of hydrogen-bond acceptors (Lipinski definition) is 5. The summed E-state index contributed by atoms with van der Waals surface area (Å²) in [6.07, 6.45) is 0. The number of ether oxygens (including phenoxy) is 2. The summed E-state index contributed by atoms with van der Waals surface area (Å²) in [5.41, 5.74) is 0.741. The Balaban J connectivity index is 2.08. The van der Waals surface area contributed by atoms with Gasteiger partial charge in [-0.05, 0) is 29.8 Å². The van der Waals surface area contributed by atoms with E-state index in [1.165, 1.54) is 31.4 Å². The van der Waals surface area contributed by atoms with Crippen LogP contribution in [0.1, 0.15) is 10.4 Å². The van der Waals surface area contributed by atoms with Crippen molar-refractivity contribution >= 4 is 27.6 Å². The number of esters is 1. The number of nitro groups is 1. The van der Waals surface area contributed by atoms with E-state index in [0.717, 1.165) is 5.56 Å². The van der Waals surface area contributed by atoms with E-state index in [4.69, 9.17) is 4.74 Å². The second-order valence-electron chi connectivity index (χ2n) is 4.31. The lowest BCUT2D eigenvalue weighted by atomic mass is 10.1. The van der Waals surface area contributed by atoms with Gasteiger partial charge in [0.15, 0.2) is 0 Å². The number of methoxy groups -OCH3 is 1. The van der Waals surface area contributed by atoms with Gasteiger partial charge in [0, 0.05) is 12.1 Å². The van der Waals surface area contributed by atoms with Crippen LogP contribution in [0.2, 0.25) is 0 Å². The third-order valence-corrected chi connectivity index (χ3v) is 3.77. The molecule has 0 aliphatic heterocycles. The fraction of sp³-hybridized carbons (Fsp3) is 0.133. The minimum Gasteiger partial charge on any atom is -0.468 e. The Kier molecular flexibility index (Phi) is 5.11. The molecule has 0 aliphatic carbocycles. The largest absolute Gasteiger partial charge is 0.468 e. The Bertz CT molecular complexity index is 669. The Morgan fingerprint density at radius 3 is 2.05 bits per heavy atom. The average Bonchev–Trinajstić information content (AvgIpc) is 2.54. The number of nitrogens with zero attached hydrogens (tertiary/aromatic N) is 1. The van der Waals surface area contributed by atoms with Crippen molar-refractivity contribution in [3.63, 3.8) is 0 Å². The van der Waals surface area contributed by atoms with Crippen LogP contribution in [0.5, 0.6) is 11.5 Å². The van der Waals surface area contributed by atoms with E-state index in [1.54, 1.807) is 24.3 Å². The van der Waals surface area contributed by atoms with Crippen LogP contribution in [-0.2, 0) is 9.53 Å². The lowest BCUT2D eigenvalue weighted by molar-refractivity contribution is -0.384. The van der Waals surface area contributed by atoms with Crippen molar-refractivity contribution < 1.29 is 19.2 Å². The van der Waals surface area contributed by atoms with Crippen molar-refractivity contribution in [2.24, 2.45) is 0 Å². The molecule has 0 fully saturated rings. The van der Waals surface area contributed by atoms with Crippen LogP contribution in [0.4, 0.5) is 5.69 Å². The minimum atomic E-state index is -0.536. The Morgan fingerprint density at radius 1 is 1.09 bits per heavy atom. The molecule has 2 aromatic rings. The molecule has 1 atom stereocenters. The standard InChI is InChI=1S/C15H12BrNO5/c1-21-15(18)14(16)10-2-6-12(7-3-10)22-13-8-4-11(5-9-13)17(19)20/h2-9,14H,1H3. The topological polar surface area (TPSA) is 78.7 Å². The predicted molar refractivity (Wildman–Crippen MR) is 83.3 cm³/mol. The van der Waals surface area contributed by atoms with Gasteiger partial charge in [0.25, 0.3) is 5.69 Å². The number of carbonyl (C=O) groups is 1. The molecule has 1 unspecified atom stereocenters. The quantitative estimate of drug-likeness (QED) is 0.346. The van der Waals surface area contributed by atoms with Crippen LogP contribution in [0, 0.1) is 10.1 Å². The molecule has 0 bridgehead atoms. The molecule has 0 heterocycles. The molecule has 2 rings (SSSR count). The number of non-ortho nitro benzene ring substituents is 1. The van der Waals surface area contributed by atoms with Gasteiger partial charge in [-0.15, -0.1) is 0 Å². The zero-order valence-corrected chi connectivity index (χ0v) is 13.1. The van der Waals surface area contributed by atoms with Crippen LogP contribution < -0.4 is 4.74 Å². The Hall–Kier alpha value is -2.41. The molecule has 7 heteroatoms. The van der Waals surface area contributed by atoms with E-state index in [1.807, 2.05) is 0 Å². The van der Waals surface area contributed by atoms with Crippen molar-refractivity contribution in [1.82, 2.24) is 0 Å². The first-order valence-corrected chi connectivity index (χ1v) is 7.17. The van der Waals surface area contributed by atoms with Crippen molar-refractivity contribution in [2.75, 3.05) is 7.11 Å². The number of halogens is 1. The summed E-state index contributed by atoms with van der Waals surface area (Å²) in [6.45, 7) is 0. The lowest BCUT2D eigenvalue weighted by Gasteiger charge is -2.09. The van der Waals surface area contributed by atoms with Crippen LogP contribution in [0.3, 0.4) is 0 Å². The normalized spacial score (nSPS) is 11.5. The third-order valence-electron chi connectivity index (χ3n) is 2.86. The molecule has 0 radical (unpaired) electrons. The smallest absolute Gasteiger partial charge is 0.323 e. The second-order valence-corrected chi connectivity index (χ2v) is 5.22. The van der Waals surface area contributed by atoms with E-state index in [2.05, 4.69) is 20.7 Å². The van der Waals surface area contributed by atoms with Crippen molar-refractivity contribution in [3.8, 4) is 11.5 Å². The molecule has 0 saturated heterocycles. The van der Waals surface area contributed by atoms with E-state index in [9.17, 15) is 14.9 Å². The molecule has 0 aliphatic rings. The van der Waals surface area contributed by atoms with Gasteiger partial charge in [0.05, 0.1) is 12.0 Å². The predicted octanol–water partition coefficient (Wildman–Crippen LogP) is 4.00.